The van der Waals surface area contributed by atoms with Gasteiger partial charge in [-0.15, -0.1) is 0 Å². The van der Waals surface area contributed by atoms with Gasteiger partial charge in [-0.05, 0) is 31.2 Å². The molecule has 5 heteroatoms. The van der Waals surface area contributed by atoms with Crippen LogP contribution in [0.2, 0.25) is 0 Å². The number of carbonyl (C=O) groups excluding carboxylic acids is 2. The SMILES string of the molecule is CCOC(=O)Nc1ccc(NC=O)cc1. The molecule has 1 rings (SSSR count). The molecule has 5 nitrogen and oxygen atoms in total. The van der Waals surface area contributed by atoms with Crippen molar-refractivity contribution < 1.29 is 14.3 Å². The quantitative estimate of drug-likeness (QED) is 0.741. The molecule has 0 aliphatic carbocycles. The van der Waals surface area contributed by atoms with Crippen molar-refractivity contribution in [1.82, 2.24) is 0 Å². The summed E-state index contributed by atoms with van der Waals surface area (Å²) in [4.78, 5) is 21.1. The molecule has 0 bridgehead atoms. The van der Waals surface area contributed by atoms with E-state index in [9.17, 15) is 9.59 Å². The molecule has 0 saturated heterocycles. The van der Waals surface area contributed by atoms with Gasteiger partial charge in [-0.1, -0.05) is 0 Å². The molecule has 2 N–H and O–H groups in total. The summed E-state index contributed by atoms with van der Waals surface area (Å²) >= 11 is 0. The first-order valence-corrected chi connectivity index (χ1v) is 4.50. The Morgan fingerprint density at radius 2 is 1.93 bits per heavy atom. The van der Waals surface area contributed by atoms with E-state index >= 15 is 0 Å². The van der Waals surface area contributed by atoms with E-state index in [1.807, 2.05) is 0 Å². The van der Waals surface area contributed by atoms with Crippen molar-refractivity contribution in [2.24, 2.45) is 0 Å². The van der Waals surface area contributed by atoms with Gasteiger partial charge in [0.25, 0.3) is 0 Å². The van der Waals surface area contributed by atoms with Gasteiger partial charge in [0, 0.05) is 11.4 Å². The second-order valence-electron chi connectivity index (χ2n) is 2.69. The van der Waals surface area contributed by atoms with Crippen molar-refractivity contribution in [3.8, 4) is 0 Å². The Balaban J connectivity index is 2.56. The van der Waals surface area contributed by atoms with Crippen LogP contribution >= 0.6 is 0 Å². The number of amides is 2. The highest BCUT2D eigenvalue weighted by Crippen LogP contribution is 2.12. The van der Waals surface area contributed by atoms with Gasteiger partial charge in [0.1, 0.15) is 0 Å². The van der Waals surface area contributed by atoms with E-state index < -0.39 is 6.09 Å². The van der Waals surface area contributed by atoms with Gasteiger partial charge in [-0.25, -0.2) is 4.79 Å². The molecular formula is C10H12N2O3. The molecular weight excluding hydrogens is 196 g/mol. The van der Waals surface area contributed by atoms with Crippen LogP contribution in [-0.4, -0.2) is 19.1 Å². The Labute approximate surface area is 87.4 Å². The van der Waals surface area contributed by atoms with Gasteiger partial charge < -0.3 is 10.1 Å². The Hall–Kier alpha value is -2.04. The van der Waals surface area contributed by atoms with Crippen LogP contribution < -0.4 is 10.6 Å². The fourth-order valence-corrected chi connectivity index (χ4v) is 1.00. The zero-order valence-corrected chi connectivity index (χ0v) is 8.32. The fourth-order valence-electron chi connectivity index (χ4n) is 1.00. The highest BCUT2D eigenvalue weighted by atomic mass is 16.5. The summed E-state index contributed by atoms with van der Waals surface area (Å²) in [5, 5.41) is 5.02. The standard InChI is InChI=1S/C10H12N2O3/c1-2-15-10(14)12-9-5-3-8(4-6-9)11-7-13/h3-7H,2H2,1H3,(H,11,13)(H,12,14). The van der Waals surface area contributed by atoms with Crippen LogP contribution in [0, 0.1) is 0 Å². The smallest absolute Gasteiger partial charge is 0.411 e. The van der Waals surface area contributed by atoms with Crippen LogP contribution in [0.1, 0.15) is 6.92 Å². The number of anilines is 2. The molecule has 0 radical (unpaired) electrons. The van der Waals surface area contributed by atoms with E-state index in [1.54, 1.807) is 31.2 Å². The van der Waals surface area contributed by atoms with E-state index in [4.69, 9.17) is 4.74 Å². The first-order chi connectivity index (χ1) is 7.26. The molecule has 0 fully saturated rings. The Morgan fingerprint density at radius 1 is 1.33 bits per heavy atom. The molecule has 1 aromatic carbocycles. The molecule has 1 aromatic rings. The fraction of sp³-hybridized carbons (Fsp3) is 0.200. The van der Waals surface area contributed by atoms with Crippen molar-refractivity contribution in [2.75, 3.05) is 17.2 Å². The summed E-state index contributed by atoms with van der Waals surface area (Å²) in [6.07, 6.45) is 0.0990. The molecule has 80 valence electrons. The minimum atomic E-state index is -0.492. The lowest BCUT2D eigenvalue weighted by Crippen LogP contribution is -2.13. The van der Waals surface area contributed by atoms with Gasteiger partial charge in [-0.3, -0.25) is 10.1 Å². The van der Waals surface area contributed by atoms with E-state index in [1.165, 1.54) is 0 Å². The van der Waals surface area contributed by atoms with Crippen molar-refractivity contribution in [1.29, 1.82) is 0 Å². The van der Waals surface area contributed by atoms with Gasteiger partial charge >= 0.3 is 6.09 Å². The van der Waals surface area contributed by atoms with Crippen LogP contribution in [0.4, 0.5) is 16.2 Å². The van der Waals surface area contributed by atoms with Gasteiger partial charge in [0.05, 0.1) is 6.61 Å². The first kappa shape index (κ1) is 11.0. The lowest BCUT2D eigenvalue weighted by Gasteiger charge is -2.05. The van der Waals surface area contributed by atoms with E-state index in [-0.39, 0.29) is 0 Å². The highest BCUT2D eigenvalue weighted by molar-refractivity contribution is 5.85. The zero-order chi connectivity index (χ0) is 11.1. The molecule has 0 saturated carbocycles. The van der Waals surface area contributed by atoms with Crippen LogP contribution in [0.25, 0.3) is 0 Å². The lowest BCUT2D eigenvalue weighted by atomic mass is 10.3. The number of nitrogens with one attached hydrogen (secondary N) is 2. The minimum absolute atomic E-state index is 0.330. The summed E-state index contributed by atoms with van der Waals surface area (Å²) in [6.45, 7) is 2.06. The molecule has 0 aliphatic heterocycles. The topological polar surface area (TPSA) is 67.4 Å². The third-order valence-electron chi connectivity index (χ3n) is 1.63. The van der Waals surface area contributed by atoms with Crippen LogP contribution in [0.15, 0.2) is 24.3 Å². The predicted octanol–water partition coefficient (Wildman–Crippen LogP) is 1.82. The second-order valence-corrected chi connectivity index (χ2v) is 2.69. The van der Waals surface area contributed by atoms with E-state index in [0.717, 1.165) is 0 Å². The monoisotopic (exact) mass is 208 g/mol. The number of hydrogen-bond acceptors (Lipinski definition) is 3. The van der Waals surface area contributed by atoms with Crippen LogP contribution in [0.3, 0.4) is 0 Å². The molecule has 0 aromatic heterocycles. The predicted molar refractivity (Wildman–Crippen MR) is 56.8 cm³/mol. The second kappa shape index (κ2) is 5.64. The zero-order valence-electron chi connectivity index (χ0n) is 8.32. The molecule has 0 aliphatic rings. The van der Waals surface area contributed by atoms with Gasteiger partial charge in [-0.2, -0.15) is 0 Å². The molecule has 0 spiro atoms. The van der Waals surface area contributed by atoms with Crippen molar-refractivity contribution in [2.45, 2.75) is 6.92 Å². The Bertz CT molecular complexity index is 335. The number of benzene rings is 1. The summed E-state index contributed by atoms with van der Waals surface area (Å²) in [7, 11) is 0. The number of ether oxygens (including phenoxy) is 1. The number of hydrogen-bond donors (Lipinski definition) is 2. The van der Waals surface area contributed by atoms with Crippen LogP contribution in [0.5, 0.6) is 0 Å². The summed E-state index contributed by atoms with van der Waals surface area (Å²) in [5.41, 5.74) is 1.28. The maximum atomic E-state index is 11.0. The van der Waals surface area contributed by atoms with Gasteiger partial charge in [0.15, 0.2) is 0 Å². The maximum absolute atomic E-state index is 11.0. The molecule has 0 heterocycles. The third kappa shape index (κ3) is 3.68. The third-order valence-corrected chi connectivity index (χ3v) is 1.63. The minimum Gasteiger partial charge on any atom is -0.450 e. The first-order valence-electron chi connectivity index (χ1n) is 4.50. The molecule has 0 atom stereocenters. The Kier molecular flexibility index (Phi) is 4.15. The van der Waals surface area contributed by atoms with Crippen molar-refractivity contribution in [3.05, 3.63) is 24.3 Å². The van der Waals surface area contributed by atoms with Crippen molar-refractivity contribution in [3.63, 3.8) is 0 Å². The largest absolute Gasteiger partial charge is 0.450 e. The summed E-state index contributed by atoms with van der Waals surface area (Å²) in [5.74, 6) is 0. The maximum Gasteiger partial charge on any atom is 0.411 e. The average molecular weight is 208 g/mol. The van der Waals surface area contributed by atoms with E-state index in [0.29, 0.717) is 24.4 Å². The van der Waals surface area contributed by atoms with Crippen molar-refractivity contribution >= 4 is 23.9 Å². The number of carbonyl (C=O) groups is 2. The normalized spacial score (nSPS) is 9.13. The molecule has 15 heavy (non-hydrogen) atoms. The van der Waals surface area contributed by atoms with E-state index in [2.05, 4.69) is 10.6 Å². The van der Waals surface area contributed by atoms with Gasteiger partial charge in [0.2, 0.25) is 6.41 Å². The highest BCUT2D eigenvalue weighted by Gasteiger charge is 2.00. The summed E-state index contributed by atoms with van der Waals surface area (Å²) < 4.78 is 4.70. The summed E-state index contributed by atoms with van der Waals surface area (Å²) in [6, 6.07) is 6.69. The van der Waals surface area contributed by atoms with Crippen LogP contribution in [-0.2, 0) is 9.53 Å². The number of rotatable bonds is 4. The molecule has 2 amide bonds. The lowest BCUT2D eigenvalue weighted by molar-refractivity contribution is -0.105. The average Bonchev–Trinajstić information content (AvgIpc) is 2.22. The Morgan fingerprint density at radius 3 is 2.47 bits per heavy atom. The molecule has 0 unspecified atom stereocenters.